The molecule has 0 bridgehead atoms. The molecule has 0 aromatic carbocycles. The van der Waals surface area contributed by atoms with Crippen molar-refractivity contribution in [3.8, 4) is 0 Å². The highest BCUT2D eigenvalue weighted by Gasteiger charge is 2.45. The van der Waals surface area contributed by atoms with Crippen molar-refractivity contribution in [1.29, 1.82) is 0 Å². The molecule has 104 valence electrons. The third kappa shape index (κ3) is 2.95. The molecule has 0 N–H and O–H groups in total. The van der Waals surface area contributed by atoms with Gasteiger partial charge in [-0.25, -0.2) is 4.79 Å². The van der Waals surface area contributed by atoms with E-state index in [0.29, 0.717) is 13.2 Å². The van der Waals surface area contributed by atoms with Crippen molar-refractivity contribution in [1.82, 2.24) is 4.90 Å². The van der Waals surface area contributed by atoms with E-state index in [2.05, 4.69) is 0 Å². The summed E-state index contributed by atoms with van der Waals surface area (Å²) in [5.41, 5.74) is -0.625. The molecule has 5 nitrogen and oxygen atoms in total. The molecule has 2 aliphatic rings. The highest BCUT2D eigenvalue weighted by Crippen LogP contribution is 2.35. The SMILES string of the molecule is CN(C(=O)OC(C)(C)C)[C@@H]1CO[C@@]2(CCOC2)C1. The first-order valence-corrected chi connectivity index (χ1v) is 6.49. The van der Waals surface area contributed by atoms with Gasteiger partial charge in [0.15, 0.2) is 0 Å². The maximum atomic E-state index is 12.0. The van der Waals surface area contributed by atoms with Gasteiger partial charge in [-0.05, 0) is 20.8 Å². The van der Waals surface area contributed by atoms with E-state index in [-0.39, 0.29) is 17.7 Å². The maximum absolute atomic E-state index is 12.0. The van der Waals surface area contributed by atoms with E-state index in [9.17, 15) is 4.79 Å². The first kappa shape index (κ1) is 13.6. The molecule has 2 rings (SSSR count). The van der Waals surface area contributed by atoms with E-state index < -0.39 is 5.60 Å². The van der Waals surface area contributed by atoms with E-state index in [1.165, 1.54) is 0 Å². The van der Waals surface area contributed by atoms with Crippen molar-refractivity contribution in [2.45, 2.75) is 50.9 Å². The second-order valence-corrected chi connectivity index (χ2v) is 6.25. The predicted molar refractivity (Wildman–Crippen MR) is 66.5 cm³/mol. The molecule has 2 atom stereocenters. The molecule has 0 saturated carbocycles. The molecule has 2 saturated heterocycles. The van der Waals surface area contributed by atoms with Crippen molar-refractivity contribution in [2.24, 2.45) is 0 Å². The molecule has 2 heterocycles. The lowest BCUT2D eigenvalue weighted by Gasteiger charge is -2.28. The fourth-order valence-electron chi connectivity index (χ4n) is 2.42. The summed E-state index contributed by atoms with van der Waals surface area (Å²) in [5, 5.41) is 0. The van der Waals surface area contributed by atoms with Gasteiger partial charge in [0, 0.05) is 26.5 Å². The van der Waals surface area contributed by atoms with E-state index in [0.717, 1.165) is 19.4 Å². The van der Waals surface area contributed by atoms with Crippen LogP contribution in [0.2, 0.25) is 0 Å². The molecule has 2 fully saturated rings. The number of carbonyl (C=O) groups excluding carboxylic acids is 1. The molecule has 5 heteroatoms. The number of hydrogen-bond acceptors (Lipinski definition) is 4. The fourth-order valence-corrected chi connectivity index (χ4v) is 2.42. The molecule has 0 unspecified atom stereocenters. The highest BCUT2D eigenvalue weighted by molar-refractivity contribution is 5.68. The van der Waals surface area contributed by atoms with Crippen LogP contribution >= 0.6 is 0 Å². The van der Waals surface area contributed by atoms with Gasteiger partial charge in [-0.15, -0.1) is 0 Å². The van der Waals surface area contributed by atoms with Crippen LogP contribution in [0.25, 0.3) is 0 Å². The fraction of sp³-hybridized carbons (Fsp3) is 0.923. The predicted octanol–water partition coefficient (Wildman–Crippen LogP) is 1.80. The lowest BCUT2D eigenvalue weighted by Crippen LogP contribution is -2.41. The largest absolute Gasteiger partial charge is 0.444 e. The Morgan fingerprint density at radius 3 is 2.72 bits per heavy atom. The molecule has 1 amide bonds. The minimum Gasteiger partial charge on any atom is -0.444 e. The summed E-state index contributed by atoms with van der Waals surface area (Å²) in [4.78, 5) is 13.6. The number of hydrogen-bond donors (Lipinski definition) is 0. The molecule has 0 aromatic rings. The summed E-state index contributed by atoms with van der Waals surface area (Å²) in [6.45, 7) is 7.58. The number of amides is 1. The Morgan fingerprint density at radius 2 is 2.17 bits per heavy atom. The van der Waals surface area contributed by atoms with Crippen LogP contribution in [-0.4, -0.2) is 55.1 Å². The van der Waals surface area contributed by atoms with E-state index in [1.54, 1.807) is 11.9 Å². The Kier molecular flexibility index (Phi) is 3.56. The topological polar surface area (TPSA) is 48.0 Å². The van der Waals surface area contributed by atoms with Crippen molar-refractivity contribution in [2.75, 3.05) is 26.9 Å². The van der Waals surface area contributed by atoms with Gasteiger partial charge in [-0.2, -0.15) is 0 Å². The molecule has 0 radical (unpaired) electrons. The van der Waals surface area contributed by atoms with Crippen LogP contribution in [0.4, 0.5) is 4.79 Å². The zero-order valence-electron chi connectivity index (χ0n) is 11.7. The van der Waals surface area contributed by atoms with Gasteiger partial charge >= 0.3 is 6.09 Å². The third-order valence-corrected chi connectivity index (χ3v) is 3.49. The van der Waals surface area contributed by atoms with Crippen molar-refractivity contribution in [3.63, 3.8) is 0 Å². The third-order valence-electron chi connectivity index (χ3n) is 3.49. The van der Waals surface area contributed by atoms with Crippen LogP contribution in [0.5, 0.6) is 0 Å². The van der Waals surface area contributed by atoms with Crippen LogP contribution in [-0.2, 0) is 14.2 Å². The summed E-state index contributed by atoms with van der Waals surface area (Å²) >= 11 is 0. The molecule has 1 spiro atoms. The smallest absolute Gasteiger partial charge is 0.410 e. The highest BCUT2D eigenvalue weighted by atomic mass is 16.6. The number of rotatable bonds is 1. The van der Waals surface area contributed by atoms with Gasteiger partial charge in [-0.1, -0.05) is 0 Å². The first-order chi connectivity index (χ1) is 8.31. The van der Waals surface area contributed by atoms with Gasteiger partial charge in [0.25, 0.3) is 0 Å². The lowest BCUT2D eigenvalue weighted by atomic mass is 9.97. The maximum Gasteiger partial charge on any atom is 0.410 e. The van der Waals surface area contributed by atoms with Crippen molar-refractivity contribution in [3.05, 3.63) is 0 Å². The van der Waals surface area contributed by atoms with Gasteiger partial charge in [-0.3, -0.25) is 0 Å². The number of nitrogens with zero attached hydrogens (tertiary/aromatic N) is 1. The van der Waals surface area contributed by atoms with Crippen LogP contribution in [0.1, 0.15) is 33.6 Å². The number of likely N-dealkylation sites (N-methyl/N-ethyl adjacent to an activating group) is 1. The zero-order valence-corrected chi connectivity index (χ0v) is 11.7. The molecule has 2 aliphatic heterocycles. The zero-order chi connectivity index (χ0) is 13.4. The summed E-state index contributed by atoms with van der Waals surface area (Å²) in [5.74, 6) is 0. The van der Waals surface area contributed by atoms with Crippen molar-refractivity contribution >= 4 is 6.09 Å². The summed E-state index contributed by atoms with van der Waals surface area (Å²) in [7, 11) is 1.77. The summed E-state index contributed by atoms with van der Waals surface area (Å²) < 4.78 is 16.6. The van der Waals surface area contributed by atoms with Crippen LogP contribution in [0.15, 0.2) is 0 Å². The van der Waals surface area contributed by atoms with Gasteiger partial charge in [0.2, 0.25) is 0 Å². The summed E-state index contributed by atoms with van der Waals surface area (Å²) in [6, 6.07) is 0.0848. The van der Waals surface area contributed by atoms with E-state index in [1.807, 2.05) is 20.8 Å². The van der Waals surface area contributed by atoms with Gasteiger partial charge in [0.05, 0.1) is 24.9 Å². The average molecular weight is 257 g/mol. The molecule has 18 heavy (non-hydrogen) atoms. The second-order valence-electron chi connectivity index (χ2n) is 6.25. The minimum absolute atomic E-state index is 0.0848. The van der Waals surface area contributed by atoms with Crippen LogP contribution < -0.4 is 0 Å². The lowest BCUT2D eigenvalue weighted by molar-refractivity contribution is -0.00579. The van der Waals surface area contributed by atoms with E-state index >= 15 is 0 Å². The number of ether oxygens (including phenoxy) is 3. The standard InChI is InChI=1S/C13H23NO4/c1-12(2,3)18-11(15)14(4)10-7-13(17-8-10)5-6-16-9-13/h10H,5-9H2,1-4H3/t10-,13-/m0/s1. The first-order valence-electron chi connectivity index (χ1n) is 6.49. The van der Waals surface area contributed by atoms with Crippen LogP contribution in [0, 0.1) is 0 Å². The van der Waals surface area contributed by atoms with Crippen LogP contribution in [0.3, 0.4) is 0 Å². The molecule has 0 aliphatic carbocycles. The quantitative estimate of drug-likeness (QED) is 0.718. The molecular weight excluding hydrogens is 234 g/mol. The van der Waals surface area contributed by atoms with Crippen molar-refractivity contribution < 1.29 is 19.0 Å². The molecular formula is C13H23NO4. The molecule has 0 aromatic heterocycles. The Hall–Kier alpha value is -0.810. The Morgan fingerprint density at radius 1 is 1.44 bits per heavy atom. The second kappa shape index (κ2) is 4.70. The minimum atomic E-state index is -0.459. The Labute approximate surface area is 108 Å². The van der Waals surface area contributed by atoms with Gasteiger partial charge in [0.1, 0.15) is 5.60 Å². The monoisotopic (exact) mass is 257 g/mol. The Bertz CT molecular complexity index is 317. The van der Waals surface area contributed by atoms with Gasteiger partial charge < -0.3 is 19.1 Å². The summed E-state index contributed by atoms with van der Waals surface area (Å²) in [6.07, 6.45) is 1.47. The average Bonchev–Trinajstić information content (AvgIpc) is 2.86. The normalized spacial score (nSPS) is 31.9. The van der Waals surface area contributed by atoms with E-state index in [4.69, 9.17) is 14.2 Å². The number of carbonyl (C=O) groups is 1. The Balaban J connectivity index is 1.90.